The summed E-state index contributed by atoms with van der Waals surface area (Å²) in [7, 11) is 0. The van der Waals surface area contributed by atoms with E-state index in [1.165, 1.54) is 5.56 Å². The van der Waals surface area contributed by atoms with Gasteiger partial charge in [0, 0.05) is 64.0 Å². The monoisotopic (exact) mass is 440 g/mol. The lowest BCUT2D eigenvalue weighted by Crippen LogP contribution is -2.54. The van der Waals surface area contributed by atoms with E-state index in [4.69, 9.17) is 4.99 Å². The molecule has 0 atom stereocenters. The molecule has 0 spiro atoms. The van der Waals surface area contributed by atoms with Gasteiger partial charge in [-0.1, -0.05) is 18.2 Å². The molecule has 1 aromatic carbocycles. The van der Waals surface area contributed by atoms with E-state index >= 15 is 0 Å². The molecule has 0 aromatic heterocycles. The summed E-state index contributed by atoms with van der Waals surface area (Å²) in [6.45, 7) is 8.21. The van der Waals surface area contributed by atoms with Crippen LogP contribution in [-0.4, -0.2) is 86.0 Å². The molecule has 1 saturated heterocycles. The van der Waals surface area contributed by atoms with Gasteiger partial charge in [0.05, 0.1) is 6.54 Å². The molecule has 2 fully saturated rings. The number of hydrogen-bond donors (Lipinski definition) is 2. The molecule has 8 nitrogen and oxygen atoms in total. The van der Waals surface area contributed by atoms with Crippen molar-refractivity contribution in [3.05, 3.63) is 29.8 Å². The van der Waals surface area contributed by atoms with Crippen LogP contribution < -0.4 is 15.5 Å². The van der Waals surface area contributed by atoms with Crippen LogP contribution >= 0.6 is 0 Å². The van der Waals surface area contributed by atoms with Crippen molar-refractivity contribution < 1.29 is 9.59 Å². The van der Waals surface area contributed by atoms with Crippen LogP contribution in [0.25, 0.3) is 0 Å². The number of anilines is 1. The summed E-state index contributed by atoms with van der Waals surface area (Å²) in [5.41, 5.74) is 2.33. The van der Waals surface area contributed by atoms with Crippen molar-refractivity contribution in [2.45, 2.75) is 45.1 Å². The van der Waals surface area contributed by atoms with Crippen LogP contribution in [0.5, 0.6) is 0 Å². The van der Waals surface area contributed by atoms with Gasteiger partial charge in [0.2, 0.25) is 11.8 Å². The maximum absolute atomic E-state index is 12.7. The Hall–Kier alpha value is -2.61. The van der Waals surface area contributed by atoms with E-state index in [2.05, 4.69) is 33.4 Å². The van der Waals surface area contributed by atoms with Crippen LogP contribution in [0.4, 0.5) is 5.69 Å². The third-order valence-corrected chi connectivity index (χ3v) is 6.31. The number of fused-ring (bicyclic) bond motifs is 1. The van der Waals surface area contributed by atoms with Gasteiger partial charge in [-0.2, -0.15) is 0 Å². The molecule has 32 heavy (non-hydrogen) atoms. The highest BCUT2D eigenvalue weighted by Gasteiger charge is 2.26. The van der Waals surface area contributed by atoms with Crippen molar-refractivity contribution in [3.8, 4) is 0 Å². The minimum absolute atomic E-state index is 0.145. The minimum atomic E-state index is 0.145. The van der Waals surface area contributed by atoms with Crippen LogP contribution in [0.1, 0.15) is 38.2 Å². The number of piperazine rings is 1. The third kappa shape index (κ3) is 6.00. The van der Waals surface area contributed by atoms with Crippen molar-refractivity contribution in [1.29, 1.82) is 0 Å². The molecule has 2 amide bonds. The van der Waals surface area contributed by atoms with E-state index in [0.717, 1.165) is 76.6 Å². The summed E-state index contributed by atoms with van der Waals surface area (Å²) in [4.78, 5) is 35.9. The lowest BCUT2D eigenvalue weighted by molar-refractivity contribution is -0.122. The minimum Gasteiger partial charge on any atom is -0.357 e. The molecule has 2 N–H and O–H groups in total. The predicted octanol–water partition coefficient (Wildman–Crippen LogP) is 1.22. The maximum atomic E-state index is 12.7. The van der Waals surface area contributed by atoms with E-state index in [1.54, 1.807) is 0 Å². The Bertz CT molecular complexity index is 830. The molecule has 3 aliphatic rings. The zero-order chi connectivity index (χ0) is 22.3. The van der Waals surface area contributed by atoms with Crippen LogP contribution in [0.2, 0.25) is 0 Å². The van der Waals surface area contributed by atoms with Gasteiger partial charge in [0.15, 0.2) is 5.96 Å². The largest absolute Gasteiger partial charge is 0.357 e. The van der Waals surface area contributed by atoms with Crippen LogP contribution in [0, 0.1) is 0 Å². The van der Waals surface area contributed by atoms with Gasteiger partial charge in [-0.15, -0.1) is 0 Å². The van der Waals surface area contributed by atoms with E-state index in [0.29, 0.717) is 25.6 Å². The van der Waals surface area contributed by atoms with Gasteiger partial charge in [-0.25, -0.2) is 0 Å². The summed E-state index contributed by atoms with van der Waals surface area (Å²) in [6.07, 6.45) is 4.45. The number of amides is 2. The highest BCUT2D eigenvalue weighted by molar-refractivity contribution is 5.95. The molecule has 0 radical (unpaired) electrons. The molecular weight excluding hydrogens is 404 g/mol. The number of guanidine groups is 1. The summed E-state index contributed by atoms with van der Waals surface area (Å²) >= 11 is 0. The van der Waals surface area contributed by atoms with Crippen molar-refractivity contribution in [3.63, 3.8) is 0 Å². The first-order valence-corrected chi connectivity index (χ1v) is 12.1. The number of carbonyl (C=O) groups is 2. The van der Waals surface area contributed by atoms with E-state index in [-0.39, 0.29) is 11.8 Å². The summed E-state index contributed by atoms with van der Waals surface area (Å²) < 4.78 is 0. The first-order valence-electron chi connectivity index (χ1n) is 12.1. The van der Waals surface area contributed by atoms with Crippen molar-refractivity contribution in [2.24, 2.45) is 4.99 Å². The van der Waals surface area contributed by atoms with E-state index in [1.807, 2.05) is 23.1 Å². The molecular formula is C24H36N6O2. The van der Waals surface area contributed by atoms with Gasteiger partial charge in [0.25, 0.3) is 0 Å². The highest BCUT2D eigenvalue weighted by Crippen LogP contribution is 2.28. The number of para-hydroxylation sites is 1. The third-order valence-electron chi connectivity index (χ3n) is 6.31. The predicted molar refractivity (Wildman–Crippen MR) is 127 cm³/mol. The summed E-state index contributed by atoms with van der Waals surface area (Å²) in [6, 6.07) is 8.60. The molecule has 0 unspecified atom stereocenters. The topological polar surface area (TPSA) is 80.3 Å². The first kappa shape index (κ1) is 22.6. The molecule has 4 rings (SSSR count). The Morgan fingerprint density at radius 3 is 2.62 bits per heavy atom. The van der Waals surface area contributed by atoms with Crippen LogP contribution in [-0.2, 0) is 16.0 Å². The number of benzene rings is 1. The van der Waals surface area contributed by atoms with Gasteiger partial charge < -0.3 is 20.4 Å². The standard InChI is InChI=1S/C24H36N6O2/c1-2-25-24(29-16-14-28(15-17-29)18-22(31)27-20-9-10-20)26-12-5-8-23(32)30-13-11-19-6-3-4-7-21(19)30/h3-4,6-7,20H,2,5,8-18H2,1H3,(H,25,26)(H,27,31). The number of aliphatic imine (C=N–C) groups is 1. The maximum Gasteiger partial charge on any atom is 0.234 e. The van der Waals surface area contributed by atoms with Gasteiger partial charge in [-0.3, -0.25) is 19.5 Å². The summed E-state index contributed by atoms with van der Waals surface area (Å²) in [5, 5.41) is 6.44. The summed E-state index contributed by atoms with van der Waals surface area (Å²) in [5.74, 6) is 1.24. The van der Waals surface area contributed by atoms with Gasteiger partial charge >= 0.3 is 0 Å². The molecule has 2 heterocycles. The second kappa shape index (κ2) is 10.8. The molecule has 1 aromatic rings. The Morgan fingerprint density at radius 2 is 1.88 bits per heavy atom. The SMILES string of the molecule is CCNC(=NCCCC(=O)N1CCc2ccccc21)N1CCN(CC(=O)NC2CC2)CC1. The molecule has 2 aliphatic heterocycles. The van der Waals surface area contributed by atoms with Crippen molar-refractivity contribution in [1.82, 2.24) is 20.4 Å². The zero-order valence-corrected chi connectivity index (χ0v) is 19.2. The second-order valence-corrected chi connectivity index (χ2v) is 8.87. The number of hydrogen-bond acceptors (Lipinski definition) is 4. The van der Waals surface area contributed by atoms with Crippen molar-refractivity contribution in [2.75, 3.05) is 57.3 Å². The number of rotatable bonds is 8. The molecule has 174 valence electrons. The van der Waals surface area contributed by atoms with Gasteiger partial charge in [0.1, 0.15) is 0 Å². The fourth-order valence-corrected chi connectivity index (χ4v) is 4.40. The normalized spacial score (nSPS) is 19.1. The van der Waals surface area contributed by atoms with Crippen LogP contribution in [0.15, 0.2) is 29.3 Å². The molecule has 8 heteroatoms. The lowest BCUT2D eigenvalue weighted by Gasteiger charge is -2.36. The fraction of sp³-hybridized carbons (Fsp3) is 0.625. The van der Waals surface area contributed by atoms with Crippen molar-refractivity contribution >= 4 is 23.5 Å². The number of nitrogens with zero attached hydrogens (tertiary/aromatic N) is 4. The lowest BCUT2D eigenvalue weighted by atomic mass is 10.2. The van der Waals surface area contributed by atoms with Crippen LogP contribution in [0.3, 0.4) is 0 Å². The quantitative estimate of drug-likeness (QED) is 0.361. The Morgan fingerprint density at radius 1 is 1.09 bits per heavy atom. The number of carbonyl (C=O) groups excluding carboxylic acids is 2. The molecule has 0 bridgehead atoms. The zero-order valence-electron chi connectivity index (χ0n) is 19.2. The fourth-order valence-electron chi connectivity index (χ4n) is 4.40. The van der Waals surface area contributed by atoms with E-state index < -0.39 is 0 Å². The average molecular weight is 441 g/mol. The number of nitrogens with one attached hydrogen (secondary N) is 2. The molecule has 1 saturated carbocycles. The average Bonchev–Trinajstić information content (AvgIpc) is 3.50. The Labute approximate surface area is 191 Å². The smallest absolute Gasteiger partial charge is 0.234 e. The Kier molecular flexibility index (Phi) is 7.63. The first-order chi connectivity index (χ1) is 15.6. The molecule has 1 aliphatic carbocycles. The van der Waals surface area contributed by atoms with E-state index in [9.17, 15) is 9.59 Å². The second-order valence-electron chi connectivity index (χ2n) is 8.87. The van der Waals surface area contributed by atoms with Gasteiger partial charge in [-0.05, 0) is 44.2 Å². The Balaban J connectivity index is 1.20. The highest BCUT2D eigenvalue weighted by atomic mass is 16.2.